The van der Waals surface area contributed by atoms with Gasteiger partial charge in [-0.2, -0.15) is 0 Å². The normalized spacial score (nSPS) is 13.1. The van der Waals surface area contributed by atoms with Crippen molar-refractivity contribution in [2.45, 2.75) is 59.9 Å². The Balaban J connectivity index is 0. The zero-order valence-corrected chi connectivity index (χ0v) is 17.7. The maximum Gasteiger partial charge on any atom is 0.243 e. The molecule has 1 atom stereocenters. The molecule has 0 radical (unpaired) electrons. The summed E-state index contributed by atoms with van der Waals surface area (Å²) in [5, 5.41) is 6.65. The fourth-order valence-electron chi connectivity index (χ4n) is 1.64. The molecule has 0 rings (SSSR count). The Kier molecular flexibility index (Phi) is 12.9. The van der Waals surface area contributed by atoms with Gasteiger partial charge >= 0.3 is 0 Å². The number of guanidine groups is 1. The molecule has 0 aromatic rings. The summed E-state index contributed by atoms with van der Waals surface area (Å²) in [5.41, 5.74) is 0.338. The fraction of sp³-hybridized carbons (Fsp3) is 0.875. The monoisotopic (exact) mass is 426 g/mol. The highest BCUT2D eigenvalue weighted by Crippen LogP contribution is 2.21. The predicted octanol–water partition coefficient (Wildman–Crippen LogP) is 2.85. The maximum atomic E-state index is 11.6. The van der Waals surface area contributed by atoms with Gasteiger partial charge in [0.25, 0.3) is 0 Å². The van der Waals surface area contributed by atoms with Gasteiger partial charge in [-0.1, -0.05) is 27.7 Å². The lowest BCUT2D eigenvalue weighted by Crippen LogP contribution is -2.43. The topological polar surface area (TPSA) is 56.7 Å². The van der Waals surface area contributed by atoms with E-state index in [4.69, 9.17) is 0 Å². The van der Waals surface area contributed by atoms with Crippen molar-refractivity contribution in [2.75, 3.05) is 27.2 Å². The van der Waals surface area contributed by atoms with Gasteiger partial charge in [0, 0.05) is 26.7 Å². The van der Waals surface area contributed by atoms with Gasteiger partial charge in [-0.25, -0.2) is 4.99 Å². The van der Waals surface area contributed by atoms with Crippen molar-refractivity contribution in [3.8, 4) is 0 Å². The molecular formula is C16H35IN4O. The summed E-state index contributed by atoms with van der Waals surface area (Å²) in [4.78, 5) is 17.6. The van der Waals surface area contributed by atoms with Gasteiger partial charge in [0.15, 0.2) is 5.96 Å². The van der Waals surface area contributed by atoms with Gasteiger partial charge in [0.2, 0.25) is 5.91 Å². The molecule has 0 saturated carbocycles. The Hall–Kier alpha value is -0.530. The van der Waals surface area contributed by atoms with Crippen LogP contribution < -0.4 is 10.6 Å². The fourth-order valence-corrected chi connectivity index (χ4v) is 1.64. The number of likely N-dealkylation sites (N-methyl/N-ethyl adjacent to an activating group) is 1. The minimum atomic E-state index is 0. The average molecular weight is 426 g/mol. The molecule has 2 N–H and O–H groups in total. The van der Waals surface area contributed by atoms with Gasteiger partial charge in [0.1, 0.15) is 6.54 Å². The van der Waals surface area contributed by atoms with Crippen molar-refractivity contribution in [1.29, 1.82) is 0 Å². The highest BCUT2D eigenvalue weighted by Gasteiger charge is 2.13. The Morgan fingerprint density at radius 1 is 1.27 bits per heavy atom. The van der Waals surface area contributed by atoms with E-state index in [-0.39, 0.29) is 36.4 Å². The summed E-state index contributed by atoms with van der Waals surface area (Å²) in [6.45, 7) is 12.0. The molecule has 1 amide bonds. The number of nitrogens with one attached hydrogen (secondary N) is 2. The molecule has 0 fully saturated rings. The van der Waals surface area contributed by atoms with Gasteiger partial charge < -0.3 is 15.5 Å². The SMILES string of the molecule is CCCNC(=NCC(=O)N(C)C)NC(C)CCC(C)(C)C.I. The number of rotatable bonds is 7. The Morgan fingerprint density at radius 3 is 2.32 bits per heavy atom. The summed E-state index contributed by atoms with van der Waals surface area (Å²) < 4.78 is 0. The molecule has 1 unspecified atom stereocenters. The molecule has 0 aromatic carbocycles. The van der Waals surface area contributed by atoms with Crippen molar-refractivity contribution in [2.24, 2.45) is 10.4 Å². The molecule has 22 heavy (non-hydrogen) atoms. The third-order valence-corrected chi connectivity index (χ3v) is 3.12. The molecule has 0 bridgehead atoms. The molecular weight excluding hydrogens is 391 g/mol. The van der Waals surface area contributed by atoms with E-state index in [1.54, 1.807) is 19.0 Å². The second-order valence-corrected chi connectivity index (χ2v) is 7.02. The van der Waals surface area contributed by atoms with Crippen LogP contribution in [0.1, 0.15) is 53.9 Å². The van der Waals surface area contributed by atoms with E-state index >= 15 is 0 Å². The third-order valence-electron chi connectivity index (χ3n) is 3.12. The highest BCUT2D eigenvalue weighted by atomic mass is 127. The van der Waals surface area contributed by atoms with Crippen molar-refractivity contribution in [3.63, 3.8) is 0 Å². The van der Waals surface area contributed by atoms with Crippen LogP contribution in [0, 0.1) is 5.41 Å². The van der Waals surface area contributed by atoms with Gasteiger partial charge in [-0.05, 0) is 31.6 Å². The van der Waals surface area contributed by atoms with E-state index in [9.17, 15) is 4.79 Å². The van der Waals surface area contributed by atoms with Gasteiger partial charge in [0.05, 0.1) is 0 Å². The van der Waals surface area contributed by atoms with Crippen LogP contribution in [0.5, 0.6) is 0 Å². The van der Waals surface area contributed by atoms with Crippen LogP contribution in [-0.4, -0.2) is 50.0 Å². The van der Waals surface area contributed by atoms with E-state index in [0.29, 0.717) is 11.5 Å². The number of amides is 1. The number of halogens is 1. The van der Waals surface area contributed by atoms with Gasteiger partial charge in [-0.15, -0.1) is 24.0 Å². The molecule has 5 nitrogen and oxygen atoms in total. The first-order chi connectivity index (χ1) is 9.65. The standard InChI is InChI=1S/C16H34N4O.HI/c1-8-11-17-15(18-12-14(21)20(6)7)19-13(2)9-10-16(3,4)5;/h13H,8-12H2,1-7H3,(H2,17,18,19);1H. The molecule has 6 heteroatoms. The van der Waals surface area contributed by atoms with Crippen LogP contribution in [0.4, 0.5) is 0 Å². The predicted molar refractivity (Wildman–Crippen MR) is 106 cm³/mol. The second kappa shape index (κ2) is 12.0. The molecule has 0 aromatic heterocycles. The van der Waals surface area contributed by atoms with Crippen LogP contribution in [0.25, 0.3) is 0 Å². The summed E-state index contributed by atoms with van der Waals surface area (Å²) in [7, 11) is 3.49. The number of nitrogens with zero attached hydrogens (tertiary/aromatic N) is 2. The molecule has 0 heterocycles. The second-order valence-electron chi connectivity index (χ2n) is 7.02. The summed E-state index contributed by atoms with van der Waals surface area (Å²) in [6.07, 6.45) is 3.26. The van der Waals surface area contributed by atoms with Crippen LogP contribution in [0.15, 0.2) is 4.99 Å². The highest BCUT2D eigenvalue weighted by molar-refractivity contribution is 14.0. The van der Waals surface area contributed by atoms with E-state index in [1.807, 2.05) is 0 Å². The first-order valence-corrected chi connectivity index (χ1v) is 7.90. The Bertz CT molecular complexity index is 338. The van der Waals surface area contributed by atoms with E-state index < -0.39 is 0 Å². The molecule has 0 saturated heterocycles. The van der Waals surface area contributed by atoms with E-state index in [1.165, 1.54) is 0 Å². The molecule has 0 aliphatic heterocycles. The largest absolute Gasteiger partial charge is 0.356 e. The average Bonchev–Trinajstić information content (AvgIpc) is 2.38. The van der Waals surface area contributed by atoms with Crippen LogP contribution in [0.3, 0.4) is 0 Å². The lowest BCUT2D eigenvalue weighted by atomic mass is 9.89. The van der Waals surface area contributed by atoms with Crippen LogP contribution >= 0.6 is 24.0 Å². The molecule has 0 spiro atoms. The number of aliphatic imine (C=N–C) groups is 1. The number of hydrogen-bond acceptors (Lipinski definition) is 2. The minimum absolute atomic E-state index is 0. The molecule has 132 valence electrons. The Labute approximate surface area is 153 Å². The number of carbonyl (C=O) groups excluding carboxylic acids is 1. The number of hydrogen-bond donors (Lipinski definition) is 2. The minimum Gasteiger partial charge on any atom is -0.356 e. The smallest absolute Gasteiger partial charge is 0.243 e. The van der Waals surface area contributed by atoms with E-state index in [0.717, 1.165) is 31.8 Å². The van der Waals surface area contributed by atoms with Crippen molar-refractivity contribution < 1.29 is 4.79 Å². The first kappa shape index (κ1) is 23.7. The van der Waals surface area contributed by atoms with Crippen molar-refractivity contribution >= 4 is 35.8 Å². The molecule has 0 aliphatic carbocycles. The third kappa shape index (κ3) is 13.2. The van der Waals surface area contributed by atoms with Gasteiger partial charge in [-0.3, -0.25) is 4.79 Å². The zero-order valence-electron chi connectivity index (χ0n) is 15.3. The lowest BCUT2D eigenvalue weighted by molar-refractivity contribution is -0.127. The van der Waals surface area contributed by atoms with Crippen LogP contribution in [-0.2, 0) is 4.79 Å². The van der Waals surface area contributed by atoms with E-state index in [2.05, 4.69) is 50.2 Å². The Morgan fingerprint density at radius 2 is 1.86 bits per heavy atom. The zero-order chi connectivity index (χ0) is 16.5. The van der Waals surface area contributed by atoms with Crippen LogP contribution in [0.2, 0.25) is 0 Å². The van der Waals surface area contributed by atoms with Crippen molar-refractivity contribution in [1.82, 2.24) is 15.5 Å². The maximum absolute atomic E-state index is 11.6. The van der Waals surface area contributed by atoms with Crippen molar-refractivity contribution in [3.05, 3.63) is 0 Å². The summed E-state index contributed by atoms with van der Waals surface area (Å²) in [6, 6.07) is 0.335. The first-order valence-electron chi connectivity index (χ1n) is 7.90. The summed E-state index contributed by atoms with van der Waals surface area (Å²) in [5.74, 6) is 0.739. The number of carbonyl (C=O) groups is 1. The molecule has 0 aliphatic rings. The summed E-state index contributed by atoms with van der Waals surface area (Å²) >= 11 is 0. The quantitative estimate of drug-likeness (QED) is 0.374. The lowest BCUT2D eigenvalue weighted by Gasteiger charge is -2.23.